The van der Waals surface area contributed by atoms with Crippen molar-refractivity contribution in [1.82, 2.24) is 0 Å². The average Bonchev–Trinajstić information content (AvgIpc) is 2.23. The van der Waals surface area contributed by atoms with E-state index < -0.39 is 0 Å². The van der Waals surface area contributed by atoms with Gasteiger partial charge in [0.15, 0.2) is 0 Å². The lowest BCUT2D eigenvalue weighted by molar-refractivity contribution is 0.144. The molecule has 16 heavy (non-hydrogen) atoms. The third-order valence-corrected chi connectivity index (χ3v) is 3.14. The fraction of sp³-hybridized carbons (Fsp3) is 0.571. The smallest absolute Gasteiger partial charge is 0.123 e. The third-order valence-electron chi connectivity index (χ3n) is 3.14. The molecule has 0 amide bonds. The highest BCUT2D eigenvalue weighted by Crippen LogP contribution is 2.17. The summed E-state index contributed by atoms with van der Waals surface area (Å²) < 4.78 is 13.0. The van der Waals surface area contributed by atoms with Crippen molar-refractivity contribution >= 4 is 0 Å². The van der Waals surface area contributed by atoms with Gasteiger partial charge in [-0.05, 0) is 48.9 Å². The van der Waals surface area contributed by atoms with Crippen LogP contribution in [0.2, 0.25) is 0 Å². The maximum Gasteiger partial charge on any atom is 0.123 e. The van der Waals surface area contributed by atoms with Gasteiger partial charge in [-0.2, -0.15) is 0 Å². The molecule has 1 aromatic carbocycles. The molecule has 0 spiro atoms. The molecule has 0 heterocycles. The molecule has 1 rings (SSSR count). The van der Waals surface area contributed by atoms with Gasteiger partial charge in [-0.3, -0.25) is 0 Å². The molecule has 0 aliphatic heterocycles. The van der Waals surface area contributed by atoms with Crippen molar-refractivity contribution < 1.29 is 9.50 Å². The SMILES string of the molecule is CCC(C)CC(O)Cc1cc(F)ccc1C. The van der Waals surface area contributed by atoms with Crippen LogP contribution >= 0.6 is 0 Å². The zero-order valence-electron chi connectivity index (χ0n) is 10.3. The number of aryl methyl sites for hydroxylation is 1. The Kier molecular flexibility index (Phi) is 4.94. The molecule has 1 aromatic rings. The summed E-state index contributed by atoms with van der Waals surface area (Å²) in [5, 5.41) is 9.90. The van der Waals surface area contributed by atoms with E-state index in [2.05, 4.69) is 13.8 Å². The predicted molar refractivity (Wildman–Crippen MR) is 64.9 cm³/mol. The van der Waals surface area contributed by atoms with E-state index in [-0.39, 0.29) is 11.9 Å². The van der Waals surface area contributed by atoms with Crippen LogP contribution in [-0.4, -0.2) is 11.2 Å². The first kappa shape index (κ1) is 13.2. The topological polar surface area (TPSA) is 20.2 Å². The number of benzene rings is 1. The fourth-order valence-electron chi connectivity index (χ4n) is 1.83. The Morgan fingerprint density at radius 3 is 2.69 bits per heavy atom. The van der Waals surface area contributed by atoms with Crippen LogP contribution in [0.3, 0.4) is 0 Å². The van der Waals surface area contributed by atoms with Crippen LogP contribution in [0.25, 0.3) is 0 Å². The third kappa shape index (κ3) is 3.93. The quantitative estimate of drug-likeness (QED) is 0.812. The summed E-state index contributed by atoms with van der Waals surface area (Å²) in [7, 11) is 0. The van der Waals surface area contributed by atoms with Crippen molar-refractivity contribution in [2.24, 2.45) is 5.92 Å². The molecule has 0 aliphatic rings. The minimum Gasteiger partial charge on any atom is -0.393 e. The molecule has 2 heteroatoms. The summed E-state index contributed by atoms with van der Waals surface area (Å²) in [6.07, 6.45) is 2.04. The molecular formula is C14H21FO. The van der Waals surface area contributed by atoms with E-state index >= 15 is 0 Å². The van der Waals surface area contributed by atoms with Crippen LogP contribution in [0.15, 0.2) is 18.2 Å². The van der Waals surface area contributed by atoms with E-state index in [1.807, 2.05) is 6.92 Å². The van der Waals surface area contributed by atoms with Crippen LogP contribution in [0.1, 0.15) is 37.8 Å². The Bertz CT molecular complexity index is 336. The van der Waals surface area contributed by atoms with E-state index in [0.29, 0.717) is 12.3 Å². The summed E-state index contributed by atoms with van der Waals surface area (Å²) in [6, 6.07) is 4.75. The minimum absolute atomic E-state index is 0.226. The first-order valence-corrected chi connectivity index (χ1v) is 5.96. The van der Waals surface area contributed by atoms with E-state index in [9.17, 15) is 9.50 Å². The molecule has 0 bridgehead atoms. The second-order valence-electron chi connectivity index (χ2n) is 4.68. The van der Waals surface area contributed by atoms with Crippen LogP contribution in [-0.2, 0) is 6.42 Å². The number of aliphatic hydroxyl groups is 1. The van der Waals surface area contributed by atoms with E-state index in [0.717, 1.165) is 24.0 Å². The van der Waals surface area contributed by atoms with Crippen molar-refractivity contribution in [1.29, 1.82) is 0 Å². The van der Waals surface area contributed by atoms with Gasteiger partial charge in [0.05, 0.1) is 6.10 Å². The van der Waals surface area contributed by atoms with Crippen LogP contribution in [0.4, 0.5) is 4.39 Å². The minimum atomic E-state index is -0.365. The molecule has 90 valence electrons. The zero-order valence-corrected chi connectivity index (χ0v) is 10.3. The molecule has 1 N–H and O–H groups in total. The standard InChI is InChI=1S/C14H21FO/c1-4-10(2)7-14(16)9-12-8-13(15)6-5-11(12)3/h5-6,8,10,14,16H,4,7,9H2,1-3H3. The van der Waals surface area contributed by atoms with Crippen molar-refractivity contribution in [2.75, 3.05) is 0 Å². The highest BCUT2D eigenvalue weighted by atomic mass is 19.1. The lowest BCUT2D eigenvalue weighted by atomic mass is 9.95. The molecule has 2 atom stereocenters. The Hall–Kier alpha value is -0.890. The van der Waals surface area contributed by atoms with Crippen molar-refractivity contribution in [2.45, 2.75) is 46.1 Å². The Balaban J connectivity index is 2.61. The molecule has 2 unspecified atom stereocenters. The van der Waals surface area contributed by atoms with Crippen molar-refractivity contribution in [3.63, 3.8) is 0 Å². The first-order chi connectivity index (χ1) is 7.52. The monoisotopic (exact) mass is 224 g/mol. The van der Waals surface area contributed by atoms with Gasteiger partial charge in [0.1, 0.15) is 5.82 Å². The summed E-state index contributed by atoms with van der Waals surface area (Å²) in [5.74, 6) is 0.292. The largest absolute Gasteiger partial charge is 0.393 e. The Morgan fingerprint density at radius 1 is 1.38 bits per heavy atom. The van der Waals surface area contributed by atoms with Crippen LogP contribution < -0.4 is 0 Å². The molecule has 1 nitrogen and oxygen atoms in total. The zero-order chi connectivity index (χ0) is 12.1. The molecule has 0 fully saturated rings. The molecule has 0 radical (unpaired) electrons. The molecule has 0 saturated carbocycles. The maximum absolute atomic E-state index is 13.0. The van der Waals surface area contributed by atoms with Crippen molar-refractivity contribution in [3.8, 4) is 0 Å². The van der Waals surface area contributed by atoms with E-state index in [4.69, 9.17) is 0 Å². The predicted octanol–water partition coefficient (Wildman–Crippen LogP) is 3.47. The summed E-state index contributed by atoms with van der Waals surface area (Å²) in [6.45, 7) is 6.19. The number of halogens is 1. The van der Waals surface area contributed by atoms with Gasteiger partial charge in [0.2, 0.25) is 0 Å². The summed E-state index contributed by atoms with van der Waals surface area (Å²) in [5.41, 5.74) is 1.96. The van der Waals surface area contributed by atoms with Gasteiger partial charge in [-0.15, -0.1) is 0 Å². The van der Waals surface area contributed by atoms with E-state index in [1.54, 1.807) is 6.07 Å². The second-order valence-corrected chi connectivity index (χ2v) is 4.68. The van der Waals surface area contributed by atoms with Gasteiger partial charge in [0.25, 0.3) is 0 Å². The number of hydrogen-bond donors (Lipinski definition) is 1. The van der Waals surface area contributed by atoms with Gasteiger partial charge in [0, 0.05) is 0 Å². The number of aliphatic hydroxyl groups excluding tert-OH is 1. The van der Waals surface area contributed by atoms with Crippen molar-refractivity contribution in [3.05, 3.63) is 35.1 Å². The highest BCUT2D eigenvalue weighted by molar-refractivity contribution is 5.27. The van der Waals surface area contributed by atoms with Crippen LogP contribution in [0.5, 0.6) is 0 Å². The second kappa shape index (κ2) is 6.00. The maximum atomic E-state index is 13.0. The average molecular weight is 224 g/mol. The van der Waals surface area contributed by atoms with Crippen LogP contribution in [0, 0.1) is 18.7 Å². The molecule has 0 saturated heterocycles. The van der Waals surface area contributed by atoms with Gasteiger partial charge < -0.3 is 5.11 Å². The Labute approximate surface area is 97.3 Å². The first-order valence-electron chi connectivity index (χ1n) is 5.96. The number of rotatable bonds is 5. The highest BCUT2D eigenvalue weighted by Gasteiger charge is 2.11. The summed E-state index contributed by atoms with van der Waals surface area (Å²) in [4.78, 5) is 0. The molecule has 0 aliphatic carbocycles. The number of hydrogen-bond acceptors (Lipinski definition) is 1. The molecule has 0 aromatic heterocycles. The lowest BCUT2D eigenvalue weighted by Gasteiger charge is -2.16. The lowest BCUT2D eigenvalue weighted by Crippen LogP contribution is -2.15. The van der Waals surface area contributed by atoms with Gasteiger partial charge in [-0.1, -0.05) is 26.3 Å². The van der Waals surface area contributed by atoms with Gasteiger partial charge in [-0.25, -0.2) is 4.39 Å². The van der Waals surface area contributed by atoms with Gasteiger partial charge >= 0.3 is 0 Å². The molecular weight excluding hydrogens is 203 g/mol. The van der Waals surface area contributed by atoms with E-state index in [1.165, 1.54) is 12.1 Å². The normalized spacial score (nSPS) is 14.8. The summed E-state index contributed by atoms with van der Waals surface area (Å²) >= 11 is 0. The Morgan fingerprint density at radius 2 is 2.06 bits per heavy atom. The fourth-order valence-corrected chi connectivity index (χ4v) is 1.83.